The van der Waals surface area contributed by atoms with Crippen LogP contribution in [0.3, 0.4) is 0 Å². The van der Waals surface area contributed by atoms with Gasteiger partial charge in [-0.1, -0.05) is 30.3 Å². The van der Waals surface area contributed by atoms with Gasteiger partial charge in [-0.2, -0.15) is 0 Å². The van der Waals surface area contributed by atoms with Gasteiger partial charge in [-0.3, -0.25) is 0 Å². The van der Waals surface area contributed by atoms with Crippen LogP contribution in [0.4, 0.5) is 0 Å². The lowest BCUT2D eigenvalue weighted by Gasteiger charge is -2.17. The monoisotopic (exact) mass is 288 g/mol. The van der Waals surface area contributed by atoms with E-state index in [1.54, 1.807) is 0 Å². The molecule has 20 heavy (non-hydrogen) atoms. The van der Waals surface area contributed by atoms with Crippen LogP contribution in [-0.4, -0.2) is 12.7 Å². The van der Waals surface area contributed by atoms with E-state index in [1.165, 1.54) is 0 Å². The second-order valence-corrected chi connectivity index (χ2v) is 5.41. The summed E-state index contributed by atoms with van der Waals surface area (Å²) in [7, 11) is 0. The lowest BCUT2D eigenvalue weighted by Crippen LogP contribution is -2.12. The van der Waals surface area contributed by atoms with E-state index in [2.05, 4.69) is 0 Å². The van der Waals surface area contributed by atoms with Crippen molar-refractivity contribution in [1.82, 2.24) is 0 Å². The van der Waals surface area contributed by atoms with Crippen LogP contribution < -0.4 is 4.74 Å². The molecule has 0 radical (unpaired) electrons. The zero-order valence-electron chi connectivity index (χ0n) is 11.2. The molecule has 2 nitrogen and oxygen atoms in total. The first-order valence-corrected chi connectivity index (χ1v) is 7.35. The first kappa shape index (κ1) is 13.5. The van der Waals surface area contributed by atoms with E-state index in [9.17, 15) is 0 Å². The Bertz CT molecular complexity index is 533. The summed E-state index contributed by atoms with van der Waals surface area (Å²) in [5.41, 5.74) is 1.08. The zero-order valence-corrected chi connectivity index (χ0v) is 11.9. The average Bonchev–Trinajstić information content (AvgIpc) is 3.03. The smallest absolute Gasteiger partial charge is 0.127 e. The van der Waals surface area contributed by atoms with Gasteiger partial charge in [0.05, 0.1) is 11.5 Å². The van der Waals surface area contributed by atoms with Crippen LogP contribution in [0, 0.1) is 0 Å². The maximum absolute atomic E-state index is 6.46. The lowest BCUT2D eigenvalue weighted by molar-refractivity contribution is 0.107. The average molecular weight is 289 g/mol. The van der Waals surface area contributed by atoms with Crippen molar-refractivity contribution in [1.29, 1.82) is 0 Å². The summed E-state index contributed by atoms with van der Waals surface area (Å²) in [4.78, 5) is 0. The molecule has 1 heterocycles. The van der Waals surface area contributed by atoms with Gasteiger partial charge < -0.3 is 9.47 Å². The summed E-state index contributed by atoms with van der Waals surface area (Å²) in [6, 6.07) is 17.7. The predicted octanol–water partition coefficient (Wildman–Crippen LogP) is 4.94. The van der Waals surface area contributed by atoms with Crippen molar-refractivity contribution in [3.63, 3.8) is 0 Å². The Hall–Kier alpha value is -1.51. The number of benzene rings is 2. The highest BCUT2D eigenvalue weighted by molar-refractivity contribution is 6.21. The largest absolute Gasteiger partial charge is 0.457 e. The first-order valence-electron chi connectivity index (χ1n) is 6.91. The van der Waals surface area contributed by atoms with Crippen LogP contribution in [0.5, 0.6) is 11.5 Å². The molecule has 0 saturated carbocycles. The number of hydrogen-bond acceptors (Lipinski definition) is 2. The molecule has 2 atom stereocenters. The molecule has 1 aliphatic rings. The Morgan fingerprint density at radius 2 is 1.70 bits per heavy atom. The lowest BCUT2D eigenvalue weighted by atomic mass is 10.1. The topological polar surface area (TPSA) is 18.5 Å². The highest BCUT2D eigenvalue weighted by Gasteiger charge is 2.25. The third-order valence-electron chi connectivity index (χ3n) is 3.47. The van der Waals surface area contributed by atoms with Gasteiger partial charge in [0.1, 0.15) is 11.5 Å². The van der Waals surface area contributed by atoms with Crippen LogP contribution >= 0.6 is 11.6 Å². The summed E-state index contributed by atoms with van der Waals surface area (Å²) in [6.45, 7) is 0.823. The maximum atomic E-state index is 6.46. The molecular formula is C17H17ClO2. The Kier molecular flexibility index (Phi) is 4.24. The van der Waals surface area contributed by atoms with Gasteiger partial charge in [0, 0.05) is 6.61 Å². The fraction of sp³-hybridized carbons (Fsp3) is 0.294. The van der Waals surface area contributed by atoms with Crippen molar-refractivity contribution in [2.24, 2.45) is 0 Å². The summed E-state index contributed by atoms with van der Waals surface area (Å²) in [6.07, 6.45) is 2.28. The highest BCUT2D eigenvalue weighted by atomic mass is 35.5. The quantitative estimate of drug-likeness (QED) is 0.742. The molecule has 0 aromatic heterocycles. The van der Waals surface area contributed by atoms with E-state index >= 15 is 0 Å². The third kappa shape index (κ3) is 3.14. The molecule has 0 amide bonds. The molecule has 3 heteroatoms. The molecule has 104 valence electrons. The SMILES string of the molecule is ClC(c1ccc(Oc2ccccc2)cc1)C1CCCO1. The number of halogens is 1. The fourth-order valence-electron chi connectivity index (χ4n) is 2.39. The van der Waals surface area contributed by atoms with Gasteiger partial charge in [0.2, 0.25) is 0 Å². The van der Waals surface area contributed by atoms with E-state index in [-0.39, 0.29) is 11.5 Å². The number of rotatable bonds is 4. The molecule has 2 unspecified atom stereocenters. The fourth-order valence-corrected chi connectivity index (χ4v) is 2.74. The van der Waals surface area contributed by atoms with Gasteiger partial charge in [-0.25, -0.2) is 0 Å². The molecule has 2 aromatic carbocycles. The summed E-state index contributed by atoms with van der Waals surface area (Å²) in [5.74, 6) is 1.65. The molecule has 1 saturated heterocycles. The Morgan fingerprint density at radius 1 is 1.00 bits per heavy atom. The van der Waals surface area contributed by atoms with Crippen molar-refractivity contribution < 1.29 is 9.47 Å². The molecule has 0 aliphatic carbocycles. The third-order valence-corrected chi connectivity index (χ3v) is 4.00. The Labute approximate surface area is 124 Å². The van der Waals surface area contributed by atoms with E-state index in [4.69, 9.17) is 21.1 Å². The second kappa shape index (κ2) is 6.29. The van der Waals surface area contributed by atoms with Crippen molar-refractivity contribution in [2.45, 2.75) is 24.3 Å². The zero-order chi connectivity index (χ0) is 13.8. The Morgan fingerprint density at radius 3 is 2.35 bits per heavy atom. The maximum Gasteiger partial charge on any atom is 0.127 e. The molecule has 3 rings (SSSR count). The van der Waals surface area contributed by atoms with E-state index in [0.29, 0.717) is 0 Å². The van der Waals surface area contributed by atoms with Gasteiger partial charge in [0.15, 0.2) is 0 Å². The van der Waals surface area contributed by atoms with Crippen LogP contribution in [0.2, 0.25) is 0 Å². The molecule has 1 fully saturated rings. The molecule has 2 aromatic rings. The van der Waals surface area contributed by atoms with Crippen LogP contribution in [0.25, 0.3) is 0 Å². The van der Waals surface area contributed by atoms with Gasteiger partial charge >= 0.3 is 0 Å². The minimum absolute atomic E-state index is 0.0803. The standard InChI is InChI=1S/C17H17ClO2/c18-17(16-7-4-12-19-16)13-8-10-15(11-9-13)20-14-5-2-1-3-6-14/h1-3,5-6,8-11,16-17H,4,7,12H2. The van der Waals surface area contributed by atoms with E-state index in [1.807, 2.05) is 54.6 Å². The summed E-state index contributed by atoms with van der Waals surface area (Å²) < 4.78 is 11.4. The van der Waals surface area contributed by atoms with Crippen molar-refractivity contribution in [3.8, 4) is 11.5 Å². The first-order chi connectivity index (χ1) is 9.83. The number of para-hydroxylation sites is 1. The predicted molar refractivity (Wildman–Crippen MR) is 80.5 cm³/mol. The number of ether oxygens (including phenoxy) is 2. The normalized spacial score (nSPS) is 19.8. The highest BCUT2D eigenvalue weighted by Crippen LogP contribution is 2.33. The number of alkyl halides is 1. The van der Waals surface area contributed by atoms with Crippen LogP contribution in [0.15, 0.2) is 54.6 Å². The minimum atomic E-state index is -0.0803. The summed E-state index contributed by atoms with van der Waals surface area (Å²) in [5, 5.41) is -0.0803. The van der Waals surface area contributed by atoms with Gasteiger partial charge in [-0.05, 0) is 42.7 Å². The van der Waals surface area contributed by atoms with Crippen molar-refractivity contribution in [2.75, 3.05) is 6.61 Å². The number of hydrogen-bond donors (Lipinski definition) is 0. The summed E-state index contributed by atoms with van der Waals surface area (Å²) >= 11 is 6.46. The second-order valence-electron chi connectivity index (χ2n) is 4.94. The molecule has 0 spiro atoms. The Balaban J connectivity index is 1.68. The van der Waals surface area contributed by atoms with Gasteiger partial charge in [-0.15, -0.1) is 11.6 Å². The van der Waals surface area contributed by atoms with Crippen LogP contribution in [0.1, 0.15) is 23.8 Å². The van der Waals surface area contributed by atoms with Gasteiger partial charge in [0.25, 0.3) is 0 Å². The van der Waals surface area contributed by atoms with Crippen LogP contribution in [-0.2, 0) is 4.74 Å². The molecule has 0 bridgehead atoms. The van der Waals surface area contributed by atoms with Crippen molar-refractivity contribution >= 4 is 11.6 Å². The van der Waals surface area contributed by atoms with E-state index in [0.717, 1.165) is 36.5 Å². The molecule has 1 aliphatic heterocycles. The molecule has 0 N–H and O–H groups in total. The minimum Gasteiger partial charge on any atom is -0.457 e. The molecular weight excluding hydrogens is 272 g/mol. The van der Waals surface area contributed by atoms with E-state index < -0.39 is 0 Å². The van der Waals surface area contributed by atoms with Crippen molar-refractivity contribution in [3.05, 3.63) is 60.2 Å².